The Labute approximate surface area is 130 Å². The molecule has 0 spiro atoms. The van der Waals surface area contributed by atoms with E-state index in [4.69, 9.17) is 0 Å². The molecule has 1 amide bonds. The maximum absolute atomic E-state index is 11.8. The summed E-state index contributed by atoms with van der Waals surface area (Å²) in [6, 6.07) is 2.75. The zero-order chi connectivity index (χ0) is 13.2. The Morgan fingerprint density at radius 1 is 1.40 bits per heavy atom. The van der Waals surface area contributed by atoms with Gasteiger partial charge in [-0.2, -0.15) is 0 Å². The fraction of sp³-hybridized carbons (Fsp3) is 0.455. The summed E-state index contributed by atoms with van der Waals surface area (Å²) in [6.07, 6.45) is 4.25. The summed E-state index contributed by atoms with van der Waals surface area (Å²) in [5.41, 5.74) is 0.501. The lowest BCUT2D eigenvalue weighted by Crippen LogP contribution is -2.35. The second-order valence-electron chi connectivity index (χ2n) is 4.30. The number of anilines is 1. The van der Waals surface area contributed by atoms with E-state index in [0.717, 1.165) is 25.6 Å². The summed E-state index contributed by atoms with van der Waals surface area (Å²) in [5.74, 6) is -0.110. The quantitative estimate of drug-likeness (QED) is 0.856. The van der Waals surface area contributed by atoms with Crippen LogP contribution >= 0.6 is 24.8 Å². The van der Waals surface area contributed by atoms with E-state index < -0.39 is 9.84 Å². The molecule has 1 aliphatic rings. The van der Waals surface area contributed by atoms with Crippen molar-refractivity contribution in [3.63, 3.8) is 0 Å². The van der Waals surface area contributed by atoms with E-state index in [1.54, 1.807) is 0 Å². The number of rotatable bonds is 3. The molecule has 9 heteroatoms. The van der Waals surface area contributed by atoms with Crippen molar-refractivity contribution < 1.29 is 13.2 Å². The predicted octanol–water partition coefficient (Wildman–Crippen LogP) is 1.02. The van der Waals surface area contributed by atoms with Gasteiger partial charge >= 0.3 is 0 Å². The van der Waals surface area contributed by atoms with Crippen LogP contribution in [0.25, 0.3) is 0 Å². The van der Waals surface area contributed by atoms with Gasteiger partial charge in [-0.3, -0.25) is 4.79 Å². The average Bonchev–Trinajstić information content (AvgIpc) is 2.82. The van der Waals surface area contributed by atoms with Crippen molar-refractivity contribution in [1.82, 2.24) is 10.3 Å². The predicted molar refractivity (Wildman–Crippen MR) is 81.5 cm³/mol. The van der Waals surface area contributed by atoms with Gasteiger partial charge in [0.05, 0.1) is 17.9 Å². The summed E-state index contributed by atoms with van der Waals surface area (Å²) in [4.78, 5) is 15.6. The van der Waals surface area contributed by atoms with E-state index in [1.165, 1.54) is 18.3 Å². The van der Waals surface area contributed by atoms with Crippen molar-refractivity contribution in [3.05, 3.63) is 18.3 Å². The highest BCUT2D eigenvalue weighted by Gasteiger charge is 2.22. The maximum atomic E-state index is 11.8. The third-order valence-electron chi connectivity index (χ3n) is 2.76. The summed E-state index contributed by atoms with van der Waals surface area (Å²) >= 11 is 0. The molecule has 0 bridgehead atoms. The molecule has 1 atom stereocenters. The van der Waals surface area contributed by atoms with Crippen LogP contribution in [0.15, 0.2) is 23.4 Å². The van der Waals surface area contributed by atoms with Gasteiger partial charge in [-0.25, -0.2) is 13.4 Å². The maximum Gasteiger partial charge on any atom is 0.241 e. The van der Waals surface area contributed by atoms with E-state index in [1.807, 2.05) is 0 Å². The number of carbonyl (C=O) groups excluding carboxylic acids is 1. The second-order valence-corrected chi connectivity index (χ2v) is 6.26. The Hall–Kier alpha value is -0.890. The van der Waals surface area contributed by atoms with Crippen molar-refractivity contribution in [1.29, 1.82) is 0 Å². The standard InChI is InChI=1S/C11H15N3O3S.2ClH/c1-18(16,17)10-5-4-8(7-13-10)14-11(15)9-3-2-6-12-9;;/h4-5,7,9,12H,2-3,6H2,1H3,(H,14,15);2*1H/t9-;;/m0../s1. The van der Waals surface area contributed by atoms with Gasteiger partial charge in [0.25, 0.3) is 0 Å². The zero-order valence-electron chi connectivity index (χ0n) is 10.8. The van der Waals surface area contributed by atoms with E-state index in [0.29, 0.717) is 5.69 Å². The highest BCUT2D eigenvalue weighted by molar-refractivity contribution is 7.90. The monoisotopic (exact) mass is 341 g/mol. The van der Waals surface area contributed by atoms with Crippen LogP contribution in [-0.2, 0) is 14.6 Å². The molecule has 1 aromatic rings. The van der Waals surface area contributed by atoms with Crippen molar-refractivity contribution >= 4 is 46.2 Å². The number of pyridine rings is 1. The molecular formula is C11H17Cl2N3O3S. The van der Waals surface area contributed by atoms with Crippen LogP contribution < -0.4 is 10.6 Å². The lowest BCUT2D eigenvalue weighted by Gasteiger charge is -2.10. The van der Waals surface area contributed by atoms with Crippen LogP contribution in [0.3, 0.4) is 0 Å². The van der Waals surface area contributed by atoms with Crippen LogP contribution in [0.4, 0.5) is 5.69 Å². The van der Waals surface area contributed by atoms with Crippen molar-refractivity contribution in [2.45, 2.75) is 23.9 Å². The van der Waals surface area contributed by atoms with Gasteiger partial charge in [-0.05, 0) is 31.5 Å². The molecule has 114 valence electrons. The molecule has 1 aromatic heterocycles. The first kappa shape index (κ1) is 19.1. The summed E-state index contributed by atoms with van der Waals surface area (Å²) < 4.78 is 22.4. The Bertz CT molecular complexity index is 543. The molecule has 0 radical (unpaired) electrons. The molecule has 0 unspecified atom stereocenters. The number of aromatic nitrogens is 1. The molecule has 6 nitrogen and oxygen atoms in total. The first-order valence-corrected chi connectivity index (χ1v) is 7.56. The van der Waals surface area contributed by atoms with E-state index in [9.17, 15) is 13.2 Å². The number of amides is 1. The van der Waals surface area contributed by atoms with Crippen molar-refractivity contribution in [3.8, 4) is 0 Å². The zero-order valence-corrected chi connectivity index (χ0v) is 13.3. The molecular weight excluding hydrogens is 325 g/mol. The fourth-order valence-electron chi connectivity index (χ4n) is 1.81. The summed E-state index contributed by atoms with van der Waals surface area (Å²) in [7, 11) is -3.30. The molecule has 1 saturated heterocycles. The minimum absolute atomic E-state index is 0. The van der Waals surface area contributed by atoms with Crippen molar-refractivity contribution in [2.75, 3.05) is 18.1 Å². The number of nitrogens with zero attached hydrogens (tertiary/aromatic N) is 1. The molecule has 1 fully saturated rings. The van der Waals surface area contributed by atoms with Crippen LogP contribution in [0, 0.1) is 0 Å². The van der Waals surface area contributed by atoms with E-state index in [2.05, 4.69) is 15.6 Å². The minimum Gasteiger partial charge on any atom is -0.323 e. The number of carbonyl (C=O) groups is 1. The normalized spacial score (nSPS) is 17.8. The lowest BCUT2D eigenvalue weighted by molar-refractivity contribution is -0.117. The lowest BCUT2D eigenvalue weighted by atomic mass is 10.2. The van der Waals surface area contributed by atoms with Gasteiger partial charge in [0.2, 0.25) is 5.91 Å². The molecule has 0 aromatic carbocycles. The molecule has 2 rings (SSSR count). The van der Waals surface area contributed by atoms with Crippen molar-refractivity contribution in [2.24, 2.45) is 0 Å². The van der Waals surface area contributed by atoms with Crippen LogP contribution in [0.1, 0.15) is 12.8 Å². The summed E-state index contributed by atoms with van der Waals surface area (Å²) in [5, 5.41) is 5.79. The Kier molecular flexibility index (Phi) is 7.43. The number of sulfone groups is 1. The number of hydrogen-bond donors (Lipinski definition) is 2. The molecule has 1 aliphatic heterocycles. The first-order chi connectivity index (χ1) is 8.47. The Morgan fingerprint density at radius 3 is 2.55 bits per heavy atom. The van der Waals surface area contributed by atoms with Crippen LogP contribution in [0.5, 0.6) is 0 Å². The first-order valence-electron chi connectivity index (χ1n) is 5.67. The summed E-state index contributed by atoms with van der Waals surface area (Å²) in [6.45, 7) is 0.851. The highest BCUT2D eigenvalue weighted by atomic mass is 35.5. The van der Waals surface area contributed by atoms with Gasteiger partial charge < -0.3 is 10.6 Å². The highest BCUT2D eigenvalue weighted by Crippen LogP contribution is 2.12. The topological polar surface area (TPSA) is 88.2 Å². The number of halogens is 2. The minimum atomic E-state index is -3.30. The molecule has 2 heterocycles. The van der Waals surface area contributed by atoms with Gasteiger partial charge in [0.1, 0.15) is 0 Å². The Morgan fingerprint density at radius 2 is 2.10 bits per heavy atom. The molecule has 20 heavy (non-hydrogen) atoms. The van der Waals surface area contributed by atoms with E-state index >= 15 is 0 Å². The third kappa shape index (κ3) is 4.90. The number of nitrogens with one attached hydrogen (secondary N) is 2. The number of hydrogen-bond acceptors (Lipinski definition) is 5. The smallest absolute Gasteiger partial charge is 0.241 e. The van der Waals surface area contributed by atoms with Gasteiger partial charge in [0, 0.05) is 6.26 Å². The van der Waals surface area contributed by atoms with Crippen LogP contribution in [-0.4, -0.2) is 38.2 Å². The average molecular weight is 342 g/mol. The molecule has 2 N–H and O–H groups in total. The van der Waals surface area contributed by atoms with Gasteiger partial charge in [-0.1, -0.05) is 0 Å². The third-order valence-corrected chi connectivity index (χ3v) is 3.76. The molecule has 0 saturated carbocycles. The second kappa shape index (κ2) is 7.78. The van der Waals surface area contributed by atoms with Gasteiger partial charge in [-0.15, -0.1) is 24.8 Å². The van der Waals surface area contributed by atoms with E-state index in [-0.39, 0.29) is 41.8 Å². The molecule has 0 aliphatic carbocycles. The Balaban J connectivity index is 0.00000180. The fourth-order valence-corrected chi connectivity index (χ4v) is 2.37. The van der Waals surface area contributed by atoms with Crippen LogP contribution in [0.2, 0.25) is 0 Å². The van der Waals surface area contributed by atoms with Gasteiger partial charge in [0.15, 0.2) is 14.9 Å². The largest absolute Gasteiger partial charge is 0.323 e. The SMILES string of the molecule is CS(=O)(=O)c1ccc(NC(=O)[C@@H]2CCCN2)cn1.Cl.Cl.